The molecule has 6 nitrogen and oxygen atoms in total. The number of nitrogens with two attached hydrogens (primary N) is 1. The summed E-state index contributed by atoms with van der Waals surface area (Å²) in [6.45, 7) is 0. The van der Waals surface area contributed by atoms with Gasteiger partial charge in [-0.15, -0.1) is 0 Å². The molecule has 0 aromatic carbocycles. The number of ether oxygens (including phenoxy) is 2. The predicted molar refractivity (Wildman–Crippen MR) is 48.9 cm³/mol. The summed E-state index contributed by atoms with van der Waals surface area (Å²) in [5.74, 6) is -1.48. The fourth-order valence-electron chi connectivity index (χ4n) is 1.02. The number of halogens is 3. The minimum absolute atomic E-state index is 0.490. The van der Waals surface area contributed by atoms with E-state index < -0.39 is 35.3 Å². The van der Waals surface area contributed by atoms with E-state index in [1.807, 2.05) is 0 Å². The molecule has 0 unspecified atom stereocenters. The highest BCUT2D eigenvalue weighted by molar-refractivity contribution is 5.65. The van der Waals surface area contributed by atoms with E-state index in [2.05, 4.69) is 14.5 Å². The molecule has 0 bridgehead atoms. The Morgan fingerprint density at radius 1 is 1.47 bits per heavy atom. The van der Waals surface area contributed by atoms with E-state index in [9.17, 15) is 18.0 Å². The highest BCUT2D eigenvalue weighted by Gasteiger charge is 2.36. The van der Waals surface area contributed by atoms with Crippen LogP contribution in [-0.2, 0) is 6.18 Å². The van der Waals surface area contributed by atoms with E-state index >= 15 is 0 Å². The second-order valence-corrected chi connectivity index (χ2v) is 2.81. The number of methoxy groups -OCH3 is 1. The Kier molecular flexibility index (Phi) is 3.30. The Morgan fingerprint density at radius 2 is 2.06 bits per heavy atom. The van der Waals surface area contributed by atoms with Crippen LogP contribution < -0.4 is 15.2 Å². The van der Waals surface area contributed by atoms with Crippen LogP contribution in [0.1, 0.15) is 5.56 Å². The second kappa shape index (κ2) is 4.36. The maximum atomic E-state index is 12.5. The van der Waals surface area contributed by atoms with Crippen LogP contribution in [0, 0.1) is 0 Å². The molecule has 0 spiro atoms. The van der Waals surface area contributed by atoms with Gasteiger partial charge >= 0.3 is 12.3 Å². The van der Waals surface area contributed by atoms with Gasteiger partial charge in [0.05, 0.1) is 12.8 Å². The Labute approximate surface area is 92.8 Å². The van der Waals surface area contributed by atoms with Gasteiger partial charge in [0, 0.05) is 0 Å². The third-order valence-electron chi connectivity index (χ3n) is 1.66. The van der Waals surface area contributed by atoms with Crippen LogP contribution in [0.2, 0.25) is 0 Å². The molecule has 0 aliphatic rings. The molecule has 1 aromatic heterocycles. The van der Waals surface area contributed by atoms with Crippen molar-refractivity contribution in [3.63, 3.8) is 0 Å². The first kappa shape index (κ1) is 12.9. The number of aromatic nitrogens is 1. The van der Waals surface area contributed by atoms with Crippen molar-refractivity contribution in [1.82, 2.24) is 4.98 Å². The molecule has 0 amide bonds. The lowest BCUT2D eigenvalue weighted by molar-refractivity contribution is -0.139. The topological polar surface area (TPSA) is 94.7 Å². The van der Waals surface area contributed by atoms with Crippen molar-refractivity contribution in [2.45, 2.75) is 6.18 Å². The molecule has 0 fully saturated rings. The number of nitrogens with zero attached hydrogens (tertiary/aromatic N) is 1. The average Bonchev–Trinajstić information content (AvgIpc) is 2.18. The quantitative estimate of drug-likeness (QED) is 0.778. The van der Waals surface area contributed by atoms with Gasteiger partial charge in [-0.05, 0) is 6.07 Å². The van der Waals surface area contributed by atoms with Crippen LogP contribution in [0.5, 0.6) is 11.8 Å². The van der Waals surface area contributed by atoms with E-state index in [0.29, 0.717) is 6.07 Å². The van der Waals surface area contributed by atoms with Crippen molar-refractivity contribution in [3.05, 3.63) is 11.6 Å². The molecule has 9 heteroatoms. The van der Waals surface area contributed by atoms with Gasteiger partial charge in [-0.2, -0.15) is 18.2 Å². The second-order valence-electron chi connectivity index (χ2n) is 2.81. The van der Waals surface area contributed by atoms with E-state index in [1.54, 1.807) is 0 Å². The number of alkyl halides is 3. The molecule has 1 rings (SSSR count). The van der Waals surface area contributed by atoms with E-state index in [1.165, 1.54) is 0 Å². The zero-order valence-corrected chi connectivity index (χ0v) is 8.41. The number of hydrogen-bond acceptors (Lipinski definition) is 5. The minimum Gasteiger partial charge on any atom is -0.480 e. The van der Waals surface area contributed by atoms with E-state index in [4.69, 9.17) is 10.8 Å². The molecule has 0 aliphatic carbocycles. The van der Waals surface area contributed by atoms with E-state index in [0.717, 1.165) is 7.11 Å². The van der Waals surface area contributed by atoms with Crippen molar-refractivity contribution in [3.8, 4) is 11.8 Å². The number of anilines is 1. The number of hydrogen-bond donors (Lipinski definition) is 2. The molecule has 0 saturated carbocycles. The lowest BCUT2D eigenvalue weighted by Gasteiger charge is -2.13. The van der Waals surface area contributed by atoms with Gasteiger partial charge in [0.15, 0.2) is 0 Å². The molecule has 17 heavy (non-hydrogen) atoms. The highest BCUT2D eigenvalue weighted by atomic mass is 19.4. The van der Waals surface area contributed by atoms with Crippen molar-refractivity contribution in [2.75, 3.05) is 12.8 Å². The Balaban J connectivity index is 3.29. The van der Waals surface area contributed by atoms with Crippen LogP contribution in [0.25, 0.3) is 0 Å². The first-order chi connectivity index (χ1) is 7.75. The van der Waals surface area contributed by atoms with Gasteiger partial charge in [-0.3, -0.25) is 0 Å². The first-order valence-electron chi connectivity index (χ1n) is 4.08. The third-order valence-corrected chi connectivity index (χ3v) is 1.66. The summed E-state index contributed by atoms with van der Waals surface area (Å²) in [4.78, 5) is 13.4. The minimum atomic E-state index is -4.71. The maximum Gasteiger partial charge on any atom is 0.512 e. The number of carbonyl (C=O) groups is 1. The molecule has 0 atom stereocenters. The molecule has 0 aliphatic heterocycles. The summed E-state index contributed by atoms with van der Waals surface area (Å²) in [5, 5.41) is 8.30. The summed E-state index contributed by atoms with van der Waals surface area (Å²) < 4.78 is 45.9. The SMILES string of the molecule is COc1nc(OC(=O)O)c(N)cc1C(F)(F)F. The predicted octanol–water partition coefficient (Wildman–Crippen LogP) is 1.75. The van der Waals surface area contributed by atoms with Crippen LogP contribution in [0.15, 0.2) is 6.07 Å². The molecule has 94 valence electrons. The zero-order chi connectivity index (χ0) is 13.2. The fraction of sp³-hybridized carbons (Fsp3) is 0.250. The molecular formula is C8H7F3N2O4. The number of pyridine rings is 1. The molecule has 1 aromatic rings. The van der Waals surface area contributed by atoms with Gasteiger partial charge in [0.2, 0.25) is 5.88 Å². The average molecular weight is 252 g/mol. The summed E-state index contributed by atoms with van der Waals surface area (Å²) in [5.41, 5.74) is 3.42. The summed E-state index contributed by atoms with van der Waals surface area (Å²) in [6, 6.07) is 0.490. The molecule has 1 heterocycles. The largest absolute Gasteiger partial charge is 0.512 e. The molecule has 3 N–H and O–H groups in total. The van der Waals surface area contributed by atoms with Gasteiger partial charge in [0.1, 0.15) is 5.56 Å². The fourth-order valence-corrected chi connectivity index (χ4v) is 1.02. The van der Waals surface area contributed by atoms with Crippen LogP contribution >= 0.6 is 0 Å². The van der Waals surface area contributed by atoms with E-state index in [-0.39, 0.29) is 0 Å². The third kappa shape index (κ3) is 2.89. The van der Waals surface area contributed by atoms with Crippen LogP contribution in [0.3, 0.4) is 0 Å². The maximum absolute atomic E-state index is 12.5. The lowest BCUT2D eigenvalue weighted by Crippen LogP contribution is -2.13. The van der Waals surface area contributed by atoms with Crippen LogP contribution in [0.4, 0.5) is 23.7 Å². The monoisotopic (exact) mass is 252 g/mol. The number of carboxylic acid groups (broad SMARTS) is 1. The normalized spacial score (nSPS) is 11.1. The first-order valence-corrected chi connectivity index (χ1v) is 4.08. The zero-order valence-electron chi connectivity index (χ0n) is 8.41. The van der Waals surface area contributed by atoms with Crippen LogP contribution in [-0.4, -0.2) is 23.4 Å². The van der Waals surface area contributed by atoms with Crippen molar-refractivity contribution in [2.24, 2.45) is 0 Å². The van der Waals surface area contributed by atoms with Gasteiger partial charge in [-0.25, -0.2) is 4.79 Å². The van der Waals surface area contributed by atoms with Crippen molar-refractivity contribution in [1.29, 1.82) is 0 Å². The summed E-state index contributed by atoms with van der Waals surface area (Å²) in [7, 11) is 0.957. The highest BCUT2D eigenvalue weighted by Crippen LogP contribution is 2.38. The van der Waals surface area contributed by atoms with Gasteiger partial charge < -0.3 is 20.3 Å². The van der Waals surface area contributed by atoms with Gasteiger partial charge in [0.25, 0.3) is 5.88 Å². The summed E-state index contributed by atoms with van der Waals surface area (Å²) >= 11 is 0. The molecular weight excluding hydrogens is 245 g/mol. The van der Waals surface area contributed by atoms with Gasteiger partial charge in [-0.1, -0.05) is 0 Å². The van der Waals surface area contributed by atoms with Crippen molar-refractivity contribution < 1.29 is 32.5 Å². The summed E-state index contributed by atoms with van der Waals surface area (Å²) in [6.07, 6.45) is -6.46. The molecule has 0 radical (unpaired) electrons. The Hall–Kier alpha value is -2.19. The van der Waals surface area contributed by atoms with Crippen molar-refractivity contribution >= 4 is 11.8 Å². The Morgan fingerprint density at radius 3 is 2.47 bits per heavy atom. The lowest BCUT2D eigenvalue weighted by atomic mass is 10.2. The number of rotatable bonds is 2. The number of nitrogen functional groups attached to an aromatic ring is 1. The molecule has 0 saturated heterocycles. The standard InChI is InChI=1S/C8H7F3N2O4/c1-16-5-3(8(9,10)11)2-4(12)6(13-5)17-7(14)15/h2H,12H2,1H3,(H,14,15). The smallest absolute Gasteiger partial charge is 0.480 e. The Bertz CT molecular complexity index is 447.